The number of thiazole rings is 1. The Hall–Kier alpha value is -3.42. The highest BCUT2D eigenvalue weighted by Gasteiger charge is 2.22. The molecule has 0 bridgehead atoms. The number of benzene rings is 2. The third-order valence-electron chi connectivity index (χ3n) is 4.60. The Balaban J connectivity index is 1.59. The van der Waals surface area contributed by atoms with Crippen LogP contribution in [0.5, 0.6) is 0 Å². The van der Waals surface area contributed by atoms with Crippen LogP contribution in [0.3, 0.4) is 0 Å². The first-order chi connectivity index (χ1) is 14.7. The molecule has 0 spiro atoms. The van der Waals surface area contributed by atoms with Gasteiger partial charge >= 0.3 is 0 Å². The number of pyridine rings is 1. The van der Waals surface area contributed by atoms with E-state index in [1.165, 1.54) is 11.3 Å². The van der Waals surface area contributed by atoms with Crippen LogP contribution in [0.2, 0.25) is 5.02 Å². The van der Waals surface area contributed by atoms with E-state index < -0.39 is 0 Å². The molecule has 1 amide bonds. The van der Waals surface area contributed by atoms with Gasteiger partial charge < -0.3 is 0 Å². The third kappa shape index (κ3) is 3.60. The number of amides is 1. The molecular weight excluding hydrogens is 418 g/mol. The molecule has 5 rings (SSSR count). The molecule has 0 aliphatic rings. The van der Waals surface area contributed by atoms with Crippen molar-refractivity contribution in [3.05, 3.63) is 89.5 Å². The first kappa shape index (κ1) is 18.6. The molecule has 5 aromatic rings. The maximum absolute atomic E-state index is 13.5. The third-order valence-corrected chi connectivity index (χ3v) is 5.87. The van der Waals surface area contributed by atoms with Crippen molar-refractivity contribution in [1.82, 2.24) is 19.9 Å². The minimum Gasteiger partial charge on any atom is -0.279 e. The lowest BCUT2D eigenvalue weighted by Gasteiger charge is -2.20. The number of fused-ring (bicyclic) bond motifs is 2. The van der Waals surface area contributed by atoms with Crippen LogP contribution < -0.4 is 4.90 Å². The van der Waals surface area contributed by atoms with Crippen molar-refractivity contribution in [3.8, 4) is 0 Å². The Kier molecular flexibility index (Phi) is 4.82. The topological polar surface area (TPSA) is 71.9 Å². The number of rotatable bonds is 4. The van der Waals surface area contributed by atoms with Gasteiger partial charge in [-0.2, -0.15) is 0 Å². The molecule has 3 aromatic heterocycles. The van der Waals surface area contributed by atoms with E-state index >= 15 is 0 Å². The average Bonchev–Trinajstić information content (AvgIpc) is 3.20. The van der Waals surface area contributed by atoms with Gasteiger partial charge in [0.05, 0.1) is 27.8 Å². The number of halogens is 1. The maximum Gasteiger partial charge on any atom is 0.260 e. The molecule has 0 N–H and O–H groups in total. The largest absolute Gasteiger partial charge is 0.279 e. The van der Waals surface area contributed by atoms with Gasteiger partial charge in [-0.15, -0.1) is 0 Å². The first-order valence-electron chi connectivity index (χ1n) is 9.15. The van der Waals surface area contributed by atoms with Gasteiger partial charge in [0, 0.05) is 35.4 Å². The second kappa shape index (κ2) is 7.78. The summed E-state index contributed by atoms with van der Waals surface area (Å²) in [5.41, 5.74) is 3.63. The summed E-state index contributed by atoms with van der Waals surface area (Å²) >= 11 is 7.55. The Morgan fingerprint density at radius 3 is 2.63 bits per heavy atom. The van der Waals surface area contributed by atoms with E-state index in [-0.39, 0.29) is 5.91 Å². The fourth-order valence-electron chi connectivity index (χ4n) is 3.15. The Labute approximate surface area is 180 Å². The smallest absolute Gasteiger partial charge is 0.260 e. The highest BCUT2D eigenvalue weighted by molar-refractivity contribution is 7.22. The summed E-state index contributed by atoms with van der Waals surface area (Å²) in [6.45, 7) is 0.346. The second-order valence-corrected chi connectivity index (χ2v) is 8.07. The number of carbonyl (C=O) groups excluding carboxylic acids is 1. The molecule has 0 atom stereocenters. The average molecular weight is 432 g/mol. The van der Waals surface area contributed by atoms with Crippen molar-refractivity contribution in [3.63, 3.8) is 0 Å². The first-order valence-corrected chi connectivity index (χ1v) is 10.3. The lowest BCUT2D eigenvalue weighted by Crippen LogP contribution is -2.30. The summed E-state index contributed by atoms with van der Waals surface area (Å²) in [7, 11) is 0. The molecule has 0 aliphatic carbocycles. The number of nitrogens with zero attached hydrogens (tertiary/aromatic N) is 5. The highest BCUT2D eigenvalue weighted by Crippen LogP contribution is 2.32. The van der Waals surface area contributed by atoms with Gasteiger partial charge in [0.2, 0.25) is 0 Å². The lowest BCUT2D eigenvalue weighted by atomic mass is 10.1. The zero-order chi connectivity index (χ0) is 20.5. The molecule has 3 heterocycles. The molecule has 6 nitrogen and oxygen atoms in total. The van der Waals surface area contributed by atoms with Crippen molar-refractivity contribution in [2.24, 2.45) is 0 Å². The van der Waals surface area contributed by atoms with Gasteiger partial charge in [0.1, 0.15) is 0 Å². The van der Waals surface area contributed by atoms with Gasteiger partial charge in [-0.25, -0.2) is 4.98 Å². The van der Waals surface area contributed by atoms with E-state index in [1.807, 2.05) is 24.3 Å². The van der Waals surface area contributed by atoms with Crippen LogP contribution >= 0.6 is 22.9 Å². The predicted molar refractivity (Wildman–Crippen MR) is 119 cm³/mol. The highest BCUT2D eigenvalue weighted by atomic mass is 35.5. The quantitative estimate of drug-likeness (QED) is 0.394. The number of hydrogen-bond acceptors (Lipinski definition) is 6. The van der Waals surface area contributed by atoms with Gasteiger partial charge in [0.15, 0.2) is 5.13 Å². The molecule has 0 unspecified atom stereocenters. The molecule has 0 radical (unpaired) electrons. The number of anilines is 1. The van der Waals surface area contributed by atoms with Gasteiger partial charge in [-0.1, -0.05) is 29.0 Å². The van der Waals surface area contributed by atoms with E-state index in [0.717, 1.165) is 21.3 Å². The summed E-state index contributed by atoms with van der Waals surface area (Å²) in [5.74, 6) is -0.170. The minimum atomic E-state index is -0.170. The maximum atomic E-state index is 13.5. The van der Waals surface area contributed by atoms with E-state index in [1.54, 1.807) is 54.0 Å². The van der Waals surface area contributed by atoms with Crippen molar-refractivity contribution in [2.45, 2.75) is 6.54 Å². The van der Waals surface area contributed by atoms with Crippen LogP contribution in [0.1, 0.15) is 15.9 Å². The van der Waals surface area contributed by atoms with Crippen LogP contribution in [0.4, 0.5) is 5.13 Å². The van der Waals surface area contributed by atoms with Crippen molar-refractivity contribution < 1.29 is 4.79 Å². The summed E-state index contributed by atoms with van der Waals surface area (Å²) < 4.78 is 0.922. The van der Waals surface area contributed by atoms with E-state index in [4.69, 9.17) is 11.6 Å². The summed E-state index contributed by atoms with van der Waals surface area (Å²) in [5, 5.41) is 1.23. The second-order valence-electron chi connectivity index (χ2n) is 6.62. The van der Waals surface area contributed by atoms with Crippen molar-refractivity contribution in [2.75, 3.05) is 4.90 Å². The van der Waals surface area contributed by atoms with Crippen molar-refractivity contribution >= 4 is 55.2 Å². The molecule has 2 aromatic carbocycles. The minimum absolute atomic E-state index is 0.170. The van der Waals surface area contributed by atoms with E-state index in [0.29, 0.717) is 27.8 Å². The van der Waals surface area contributed by atoms with Gasteiger partial charge in [0.25, 0.3) is 5.91 Å². The summed E-state index contributed by atoms with van der Waals surface area (Å²) in [6, 6.07) is 14.6. The number of aromatic nitrogens is 4. The van der Waals surface area contributed by atoms with Crippen LogP contribution in [0, 0.1) is 0 Å². The Morgan fingerprint density at radius 1 is 0.967 bits per heavy atom. The molecule has 8 heteroatoms. The Morgan fingerprint density at radius 2 is 1.80 bits per heavy atom. The normalized spacial score (nSPS) is 11.1. The zero-order valence-electron chi connectivity index (χ0n) is 15.6. The van der Waals surface area contributed by atoms with E-state index in [2.05, 4.69) is 19.9 Å². The Bertz CT molecular complexity index is 1370. The molecule has 30 heavy (non-hydrogen) atoms. The molecule has 0 saturated carbocycles. The molecule has 146 valence electrons. The lowest BCUT2D eigenvalue weighted by molar-refractivity contribution is 0.0985. The van der Waals surface area contributed by atoms with Crippen molar-refractivity contribution in [1.29, 1.82) is 0 Å². The zero-order valence-corrected chi connectivity index (χ0v) is 17.1. The summed E-state index contributed by atoms with van der Waals surface area (Å²) in [6.07, 6.45) is 6.69. The monoisotopic (exact) mass is 431 g/mol. The van der Waals surface area contributed by atoms with Gasteiger partial charge in [-0.05, 0) is 48.0 Å². The van der Waals surface area contributed by atoms with E-state index in [9.17, 15) is 4.79 Å². The van der Waals surface area contributed by atoms with Gasteiger partial charge in [-0.3, -0.25) is 24.6 Å². The van der Waals surface area contributed by atoms with Crippen LogP contribution in [-0.4, -0.2) is 25.8 Å². The molecule has 0 aliphatic heterocycles. The predicted octanol–water partition coefficient (Wildman–Crippen LogP) is 5.13. The molecule has 0 fully saturated rings. The molecular formula is C22H14ClN5OS. The van der Waals surface area contributed by atoms with Crippen LogP contribution in [-0.2, 0) is 6.54 Å². The van der Waals surface area contributed by atoms with Crippen LogP contribution in [0.15, 0.2) is 73.3 Å². The number of hydrogen-bond donors (Lipinski definition) is 0. The number of carbonyl (C=O) groups is 1. The van der Waals surface area contributed by atoms with Crippen LogP contribution in [0.25, 0.3) is 21.3 Å². The molecule has 0 saturated heterocycles. The summed E-state index contributed by atoms with van der Waals surface area (Å²) in [4.78, 5) is 32.6. The SMILES string of the molecule is O=C(c1ccc2nccnc2c1)N(Cc1cccnc1)c1nc2ccc(Cl)cc2s1. The standard InChI is InChI=1S/C22H14ClN5OS/c23-16-4-6-18-20(11-16)30-22(27-18)28(13-14-2-1-7-24-12-14)21(29)15-3-5-17-19(10-15)26-9-8-25-17/h1-12H,13H2. The fourth-order valence-corrected chi connectivity index (χ4v) is 4.39. The fraction of sp³-hybridized carbons (Fsp3) is 0.0455.